The first-order chi connectivity index (χ1) is 19.0. The van der Waals surface area contributed by atoms with E-state index < -0.39 is 5.72 Å². The van der Waals surface area contributed by atoms with E-state index in [9.17, 15) is 9.59 Å². The second kappa shape index (κ2) is 10.4. The van der Waals surface area contributed by atoms with Crippen LogP contribution < -0.4 is 0 Å². The molecule has 11 atom stereocenters. The Hall–Kier alpha value is -1.36. The third kappa shape index (κ3) is 4.33. The van der Waals surface area contributed by atoms with Gasteiger partial charge in [-0.25, -0.2) is 0 Å². The van der Waals surface area contributed by atoms with Crippen molar-refractivity contribution in [2.24, 2.45) is 46.3 Å². The molecule has 6 aliphatic rings. The van der Waals surface area contributed by atoms with Crippen molar-refractivity contribution < 1.29 is 19.1 Å². The fraction of sp³-hybridized carbons (Fsp3) is 0.886. The number of carbonyl (C=O) groups excluding carboxylic acids is 2. The maximum Gasteiger partial charge on any atom is 0.306 e. The number of likely N-dealkylation sites (tertiary alicyclic amines) is 1. The van der Waals surface area contributed by atoms with Crippen LogP contribution in [-0.4, -0.2) is 41.3 Å². The third-order valence-electron chi connectivity index (χ3n) is 13.4. The van der Waals surface area contributed by atoms with E-state index in [0.717, 1.165) is 70.3 Å². The van der Waals surface area contributed by atoms with E-state index in [-0.39, 0.29) is 34.9 Å². The van der Waals surface area contributed by atoms with Crippen molar-refractivity contribution in [1.29, 1.82) is 0 Å². The van der Waals surface area contributed by atoms with Crippen LogP contribution in [0.2, 0.25) is 0 Å². The van der Waals surface area contributed by atoms with Crippen LogP contribution in [0, 0.1) is 46.3 Å². The highest BCUT2D eigenvalue weighted by Crippen LogP contribution is 2.70. The minimum absolute atomic E-state index is 0.00456. The molecule has 0 aromatic carbocycles. The standard InChI is InChI=1S/C35H55NO4/c1-7-8-9-10-31(38)39-26-14-16-33(5)25(19-26)11-12-27-28(33)15-17-34(6)29(27)20-30-32(34)23(3)35(40-30)18-13-22(2)21-36(35)24(4)37/h11,22-23,26-30,32H,7-10,12-21H2,1-6H3. The highest BCUT2D eigenvalue weighted by molar-refractivity contribution is 5.74. The summed E-state index contributed by atoms with van der Waals surface area (Å²) in [6.07, 6.45) is 16.8. The average molecular weight is 554 g/mol. The minimum Gasteiger partial charge on any atom is -0.462 e. The Bertz CT molecular complexity index is 1040. The lowest BCUT2D eigenvalue weighted by Gasteiger charge is -2.59. The summed E-state index contributed by atoms with van der Waals surface area (Å²) in [5.74, 6) is 3.79. The Balaban J connectivity index is 1.18. The molecule has 0 N–H and O–H groups in total. The SMILES string of the molecule is CCCCCC(=O)OC1CCC2(C)C(=CCC3C2CCC2(C)C3CC3OC4(CCC(C)CN4C(C)=O)C(C)C32)C1. The molecule has 3 saturated carbocycles. The number of unbranched alkanes of at least 4 members (excludes halogenated alkanes) is 2. The molecular formula is C35H55NO4. The summed E-state index contributed by atoms with van der Waals surface area (Å²) >= 11 is 0. The number of nitrogens with zero attached hydrogens (tertiary/aromatic N) is 1. The van der Waals surface area contributed by atoms with Crippen LogP contribution in [-0.2, 0) is 19.1 Å². The molecule has 0 aromatic heterocycles. The predicted octanol–water partition coefficient (Wildman–Crippen LogP) is 7.68. The van der Waals surface area contributed by atoms with E-state index in [2.05, 4.69) is 45.6 Å². The molecule has 0 bridgehead atoms. The number of fused-ring (bicyclic) bond motifs is 7. The van der Waals surface area contributed by atoms with Gasteiger partial charge in [0.15, 0.2) is 0 Å². The molecule has 2 saturated heterocycles. The molecule has 6 rings (SSSR count). The summed E-state index contributed by atoms with van der Waals surface area (Å²) < 4.78 is 13.1. The Labute approximate surface area is 243 Å². The van der Waals surface area contributed by atoms with Gasteiger partial charge in [0.05, 0.1) is 6.10 Å². The van der Waals surface area contributed by atoms with Crippen LogP contribution in [0.25, 0.3) is 0 Å². The van der Waals surface area contributed by atoms with Gasteiger partial charge >= 0.3 is 5.97 Å². The van der Waals surface area contributed by atoms with Gasteiger partial charge in [0, 0.05) is 32.2 Å². The summed E-state index contributed by atoms with van der Waals surface area (Å²) in [6, 6.07) is 0. The Morgan fingerprint density at radius 2 is 1.88 bits per heavy atom. The lowest BCUT2D eigenvalue weighted by atomic mass is 9.46. The largest absolute Gasteiger partial charge is 0.462 e. The summed E-state index contributed by atoms with van der Waals surface area (Å²) in [7, 11) is 0. The molecule has 40 heavy (non-hydrogen) atoms. The summed E-state index contributed by atoms with van der Waals surface area (Å²) in [5, 5.41) is 0. The zero-order chi connectivity index (χ0) is 28.4. The highest BCUT2D eigenvalue weighted by Gasteiger charge is 2.69. The number of esters is 1. The normalized spacial score (nSPS) is 47.6. The average Bonchev–Trinajstić information content (AvgIpc) is 3.36. The van der Waals surface area contributed by atoms with E-state index in [1.165, 1.54) is 19.3 Å². The lowest BCUT2D eigenvalue weighted by molar-refractivity contribution is -0.200. The first-order valence-corrected chi connectivity index (χ1v) is 16.9. The Kier molecular flexibility index (Phi) is 7.49. The number of piperidine rings is 1. The molecule has 5 heteroatoms. The van der Waals surface area contributed by atoms with Gasteiger partial charge in [-0.15, -0.1) is 0 Å². The Morgan fingerprint density at radius 3 is 2.62 bits per heavy atom. The fourth-order valence-corrected chi connectivity index (χ4v) is 11.3. The minimum atomic E-state index is -0.392. The van der Waals surface area contributed by atoms with E-state index in [0.29, 0.717) is 36.0 Å². The number of allylic oxidation sites excluding steroid dienone is 1. The monoisotopic (exact) mass is 553 g/mol. The van der Waals surface area contributed by atoms with Gasteiger partial charge in [-0.05, 0) is 98.2 Å². The van der Waals surface area contributed by atoms with Crippen LogP contribution >= 0.6 is 0 Å². The van der Waals surface area contributed by atoms with Crippen LogP contribution in [0.15, 0.2) is 11.6 Å². The summed E-state index contributed by atoms with van der Waals surface area (Å²) in [6.45, 7) is 14.6. The zero-order valence-corrected chi connectivity index (χ0v) is 26.2. The summed E-state index contributed by atoms with van der Waals surface area (Å²) in [4.78, 5) is 27.4. The van der Waals surface area contributed by atoms with Crippen molar-refractivity contribution in [3.63, 3.8) is 0 Å². The second-order valence-corrected chi connectivity index (χ2v) is 15.4. The molecule has 0 radical (unpaired) electrons. The molecule has 2 heterocycles. The topological polar surface area (TPSA) is 55.8 Å². The highest BCUT2D eigenvalue weighted by atomic mass is 16.5. The van der Waals surface area contributed by atoms with Crippen molar-refractivity contribution in [1.82, 2.24) is 4.90 Å². The number of hydrogen-bond donors (Lipinski definition) is 0. The van der Waals surface area contributed by atoms with Gasteiger partial charge in [-0.2, -0.15) is 0 Å². The van der Waals surface area contributed by atoms with Gasteiger partial charge in [-0.3, -0.25) is 9.59 Å². The van der Waals surface area contributed by atoms with E-state index in [4.69, 9.17) is 9.47 Å². The number of hydrogen-bond acceptors (Lipinski definition) is 4. The molecule has 4 aliphatic carbocycles. The van der Waals surface area contributed by atoms with Crippen LogP contribution in [0.1, 0.15) is 125 Å². The quantitative estimate of drug-likeness (QED) is 0.199. The van der Waals surface area contributed by atoms with Gasteiger partial charge in [-0.1, -0.05) is 59.1 Å². The smallest absolute Gasteiger partial charge is 0.306 e. The number of carbonyl (C=O) groups is 2. The zero-order valence-electron chi connectivity index (χ0n) is 26.2. The molecule has 1 amide bonds. The summed E-state index contributed by atoms with van der Waals surface area (Å²) in [5.41, 5.74) is 1.71. The van der Waals surface area contributed by atoms with Crippen LogP contribution in [0.5, 0.6) is 0 Å². The molecule has 2 aliphatic heterocycles. The van der Waals surface area contributed by atoms with Crippen molar-refractivity contribution in [3.05, 3.63) is 11.6 Å². The number of ether oxygens (including phenoxy) is 2. The molecule has 5 fully saturated rings. The Morgan fingerprint density at radius 1 is 1.07 bits per heavy atom. The molecule has 224 valence electrons. The number of rotatable bonds is 5. The van der Waals surface area contributed by atoms with Gasteiger partial charge < -0.3 is 14.4 Å². The maximum atomic E-state index is 12.8. The molecule has 1 spiro atoms. The van der Waals surface area contributed by atoms with Crippen molar-refractivity contribution in [2.75, 3.05) is 6.54 Å². The molecule has 11 unspecified atom stereocenters. The number of amides is 1. The molecular weight excluding hydrogens is 498 g/mol. The van der Waals surface area contributed by atoms with E-state index >= 15 is 0 Å². The predicted molar refractivity (Wildman–Crippen MR) is 157 cm³/mol. The van der Waals surface area contributed by atoms with Crippen molar-refractivity contribution in [2.45, 2.75) is 143 Å². The molecule has 0 aromatic rings. The first-order valence-electron chi connectivity index (χ1n) is 16.9. The van der Waals surface area contributed by atoms with Crippen molar-refractivity contribution >= 4 is 11.9 Å². The van der Waals surface area contributed by atoms with Gasteiger partial charge in [0.2, 0.25) is 5.91 Å². The maximum absolute atomic E-state index is 12.8. The van der Waals surface area contributed by atoms with Crippen molar-refractivity contribution in [3.8, 4) is 0 Å². The lowest BCUT2D eigenvalue weighted by Crippen LogP contribution is -2.60. The third-order valence-corrected chi connectivity index (χ3v) is 13.4. The second-order valence-electron chi connectivity index (χ2n) is 15.4. The van der Waals surface area contributed by atoms with Gasteiger partial charge in [0.1, 0.15) is 11.8 Å². The van der Waals surface area contributed by atoms with E-state index in [1.807, 2.05) is 0 Å². The van der Waals surface area contributed by atoms with Crippen LogP contribution in [0.4, 0.5) is 0 Å². The van der Waals surface area contributed by atoms with E-state index in [1.54, 1.807) is 12.5 Å². The van der Waals surface area contributed by atoms with Gasteiger partial charge in [0.25, 0.3) is 0 Å². The fourth-order valence-electron chi connectivity index (χ4n) is 11.3. The first kappa shape index (κ1) is 28.7. The molecule has 5 nitrogen and oxygen atoms in total. The van der Waals surface area contributed by atoms with Crippen LogP contribution in [0.3, 0.4) is 0 Å².